The molecular weight excluding hydrogens is 1040 g/mol. The summed E-state index contributed by atoms with van der Waals surface area (Å²) in [6.45, 7) is 14.3. The number of nitrogens with zero attached hydrogens (tertiary/aromatic N) is 3. The Morgan fingerprint density at radius 3 is 1.17 bits per heavy atom. The molecule has 16 rings (SSSR count). The van der Waals surface area contributed by atoms with Crippen LogP contribution in [0.4, 0.5) is 17.1 Å². The molecule has 0 radical (unpaired) electrons. The van der Waals surface area contributed by atoms with E-state index in [9.17, 15) is 0 Å². The third kappa shape index (κ3) is 8.08. The standard InChI is InChI=1S/C83H67N3/c1-81(2,3)53-76(82(4,5)6)56-35-33-54(34-36-56)57-39-45-66-64-25-13-17-29-72(64)83(74(66)49-57)73-30-18-14-26-65(73)67-46-40-58(50-75(67)83)55-37-41-61(42-38-55)84(62-43-47-70-68-27-15-19-31-77(68)85(79(70)51-62)59-21-9-7-10-22-59)63-44-48-71-69-28-16-20-32-78(69)86(80(71)52-63)60-23-11-8-12-24-60/h7-52,76H,53H2,1-6H3. The molecule has 0 N–H and O–H groups in total. The molecule has 2 unspecified atom stereocenters. The molecule has 2 aromatic heterocycles. The van der Waals surface area contributed by atoms with E-state index >= 15 is 0 Å². The molecule has 0 saturated carbocycles. The molecule has 0 amide bonds. The van der Waals surface area contributed by atoms with Gasteiger partial charge < -0.3 is 14.0 Å². The van der Waals surface area contributed by atoms with Crippen LogP contribution in [0.3, 0.4) is 0 Å². The fraction of sp³-hybridized carbons (Fsp3) is 0.133. The van der Waals surface area contributed by atoms with Crippen LogP contribution < -0.4 is 4.90 Å². The lowest BCUT2D eigenvalue weighted by Crippen LogP contribution is -2.26. The van der Waals surface area contributed by atoms with Crippen molar-refractivity contribution in [3.8, 4) is 55.9 Å². The Hall–Kier alpha value is -9.96. The van der Waals surface area contributed by atoms with Gasteiger partial charge in [-0.05, 0) is 180 Å². The van der Waals surface area contributed by atoms with Crippen molar-refractivity contribution in [2.75, 3.05) is 4.90 Å². The normalized spacial score (nSPS) is 14.7. The van der Waals surface area contributed by atoms with E-state index < -0.39 is 5.41 Å². The van der Waals surface area contributed by atoms with Crippen molar-refractivity contribution in [1.82, 2.24) is 9.13 Å². The Kier molecular flexibility index (Phi) is 11.7. The fourth-order valence-corrected chi connectivity index (χ4v) is 15.1. The van der Waals surface area contributed by atoms with Crippen molar-refractivity contribution >= 4 is 60.7 Å². The molecule has 1 spiro atoms. The summed E-state index contributed by atoms with van der Waals surface area (Å²) >= 11 is 0. The van der Waals surface area contributed by atoms with Crippen LogP contribution >= 0.6 is 0 Å². The van der Waals surface area contributed by atoms with Crippen molar-refractivity contribution in [2.45, 2.75) is 59.3 Å². The van der Waals surface area contributed by atoms with Gasteiger partial charge in [-0.15, -0.1) is 0 Å². The Morgan fingerprint density at radius 2 is 0.709 bits per heavy atom. The average molecular weight is 1110 g/mol. The Morgan fingerprint density at radius 1 is 0.326 bits per heavy atom. The summed E-state index contributed by atoms with van der Waals surface area (Å²) in [4.78, 5) is 2.45. The molecule has 0 fully saturated rings. The van der Waals surface area contributed by atoms with Gasteiger partial charge in [-0.3, -0.25) is 0 Å². The molecule has 2 aliphatic rings. The van der Waals surface area contributed by atoms with Gasteiger partial charge in [-0.25, -0.2) is 0 Å². The van der Waals surface area contributed by atoms with E-state index in [1.165, 1.54) is 105 Å². The zero-order chi connectivity index (χ0) is 58.1. The second kappa shape index (κ2) is 19.6. The molecular formula is C83H67N3. The fourth-order valence-electron chi connectivity index (χ4n) is 15.1. The summed E-state index contributed by atoms with van der Waals surface area (Å²) in [7, 11) is 0. The van der Waals surface area contributed by atoms with Crippen LogP contribution in [0.2, 0.25) is 0 Å². The minimum absolute atomic E-state index is 0.149. The molecule has 14 aromatic rings. The number of fused-ring (bicyclic) bond motifs is 16. The number of benzene rings is 12. The van der Waals surface area contributed by atoms with E-state index in [2.05, 4.69) is 335 Å². The summed E-state index contributed by atoms with van der Waals surface area (Å²) in [5.74, 6) is 0.454. The maximum absolute atomic E-state index is 2.52. The van der Waals surface area contributed by atoms with Crippen molar-refractivity contribution in [1.29, 1.82) is 0 Å². The molecule has 0 aliphatic heterocycles. The molecule has 3 heteroatoms. The molecule has 2 aliphatic carbocycles. The van der Waals surface area contributed by atoms with Crippen LogP contribution in [-0.2, 0) is 5.41 Å². The summed E-state index contributed by atoms with van der Waals surface area (Å²) < 4.78 is 4.83. The molecule has 12 aromatic carbocycles. The second-order valence-electron chi connectivity index (χ2n) is 26.3. The molecule has 2 heterocycles. The first-order valence-electron chi connectivity index (χ1n) is 30.6. The summed E-state index contributed by atoms with van der Waals surface area (Å²) in [5.41, 5.74) is 26.9. The van der Waals surface area contributed by atoms with Gasteiger partial charge >= 0.3 is 0 Å². The van der Waals surface area contributed by atoms with Gasteiger partial charge in [-0.1, -0.05) is 236 Å². The smallest absolute Gasteiger partial charge is 0.0725 e. The summed E-state index contributed by atoms with van der Waals surface area (Å²) in [6.07, 6.45) is 1.14. The summed E-state index contributed by atoms with van der Waals surface area (Å²) in [5, 5.41) is 4.91. The van der Waals surface area contributed by atoms with Crippen LogP contribution in [0.1, 0.15) is 81.7 Å². The monoisotopic (exact) mass is 1110 g/mol. The molecule has 3 nitrogen and oxygen atoms in total. The molecule has 0 bridgehead atoms. The molecule has 0 saturated heterocycles. The number of hydrogen-bond donors (Lipinski definition) is 0. The first-order chi connectivity index (χ1) is 41.9. The number of para-hydroxylation sites is 4. The lowest BCUT2D eigenvalue weighted by atomic mass is 9.69. The highest BCUT2D eigenvalue weighted by atomic mass is 15.1. The van der Waals surface area contributed by atoms with Crippen LogP contribution in [0, 0.1) is 10.8 Å². The predicted molar refractivity (Wildman–Crippen MR) is 363 cm³/mol. The van der Waals surface area contributed by atoms with Crippen LogP contribution in [0.5, 0.6) is 0 Å². The first kappa shape index (κ1) is 51.7. The van der Waals surface area contributed by atoms with Crippen molar-refractivity contribution in [2.24, 2.45) is 10.8 Å². The summed E-state index contributed by atoms with van der Waals surface area (Å²) in [6, 6.07) is 105. The zero-order valence-corrected chi connectivity index (χ0v) is 49.7. The highest BCUT2D eigenvalue weighted by molar-refractivity contribution is 6.12. The lowest BCUT2D eigenvalue weighted by Gasteiger charge is -2.36. The zero-order valence-electron chi connectivity index (χ0n) is 49.7. The molecule has 2 atom stereocenters. The van der Waals surface area contributed by atoms with Crippen LogP contribution in [0.15, 0.2) is 279 Å². The Bertz CT molecular complexity index is 4800. The van der Waals surface area contributed by atoms with Crippen molar-refractivity contribution in [3.63, 3.8) is 0 Å². The quantitative estimate of drug-likeness (QED) is 0.140. The van der Waals surface area contributed by atoms with E-state index in [4.69, 9.17) is 0 Å². The van der Waals surface area contributed by atoms with Gasteiger partial charge in [0, 0.05) is 50.0 Å². The third-order valence-electron chi connectivity index (χ3n) is 18.9. The average Bonchev–Trinajstić information content (AvgIpc) is 4.21. The molecule has 414 valence electrons. The van der Waals surface area contributed by atoms with Crippen LogP contribution in [0.25, 0.3) is 99.5 Å². The van der Waals surface area contributed by atoms with E-state index in [1.807, 2.05) is 0 Å². The number of rotatable bonds is 9. The van der Waals surface area contributed by atoms with Gasteiger partial charge in [-0.2, -0.15) is 0 Å². The van der Waals surface area contributed by atoms with E-state index in [0.717, 1.165) is 45.9 Å². The third-order valence-corrected chi connectivity index (χ3v) is 18.9. The highest BCUT2D eigenvalue weighted by Crippen LogP contribution is 2.63. The van der Waals surface area contributed by atoms with E-state index in [1.54, 1.807) is 0 Å². The van der Waals surface area contributed by atoms with Gasteiger partial charge in [0.25, 0.3) is 0 Å². The van der Waals surface area contributed by atoms with Gasteiger partial charge in [0.2, 0.25) is 0 Å². The van der Waals surface area contributed by atoms with Gasteiger partial charge in [0.05, 0.1) is 27.5 Å². The van der Waals surface area contributed by atoms with Crippen molar-refractivity contribution in [3.05, 3.63) is 307 Å². The van der Waals surface area contributed by atoms with E-state index in [0.29, 0.717) is 5.92 Å². The van der Waals surface area contributed by atoms with Crippen molar-refractivity contribution < 1.29 is 0 Å². The second-order valence-corrected chi connectivity index (χ2v) is 26.3. The lowest BCUT2D eigenvalue weighted by molar-refractivity contribution is 0.229. The Labute approximate surface area is 504 Å². The number of hydrogen-bond acceptors (Lipinski definition) is 1. The SMILES string of the molecule is CC(C)(C)CC(c1ccc(-c2ccc3c(c2)C2(c4ccccc4-3)c3ccccc3-c3ccc(-c4ccc(N(c5ccc6c7ccccc7n(-c7ccccc7)c6c5)c5ccc6c7ccccc7n(-c7ccccc7)c6c5)cc4)cc32)cc1)C(C)(C)C. The molecule has 86 heavy (non-hydrogen) atoms. The minimum atomic E-state index is -0.508. The first-order valence-corrected chi connectivity index (χ1v) is 30.6. The Balaban J connectivity index is 0.844. The number of anilines is 3. The maximum Gasteiger partial charge on any atom is 0.0725 e. The topological polar surface area (TPSA) is 13.1 Å². The largest absolute Gasteiger partial charge is 0.310 e. The predicted octanol–water partition coefficient (Wildman–Crippen LogP) is 22.6. The van der Waals surface area contributed by atoms with Crippen LogP contribution in [-0.4, -0.2) is 9.13 Å². The van der Waals surface area contributed by atoms with Gasteiger partial charge in [0.15, 0.2) is 0 Å². The minimum Gasteiger partial charge on any atom is -0.310 e. The van der Waals surface area contributed by atoms with E-state index in [-0.39, 0.29) is 10.8 Å². The maximum atomic E-state index is 2.52. The highest BCUT2D eigenvalue weighted by Gasteiger charge is 2.52. The van der Waals surface area contributed by atoms with Gasteiger partial charge in [0.1, 0.15) is 0 Å². The number of aromatic nitrogens is 2.